The summed E-state index contributed by atoms with van der Waals surface area (Å²) < 4.78 is 38.2. The van der Waals surface area contributed by atoms with Gasteiger partial charge in [-0.1, -0.05) is 52.2 Å². The van der Waals surface area contributed by atoms with E-state index in [2.05, 4.69) is 49.9 Å². The summed E-state index contributed by atoms with van der Waals surface area (Å²) in [5.74, 6) is 1.39. The molecular weight excluding hydrogens is 398 g/mol. The lowest BCUT2D eigenvalue weighted by molar-refractivity contribution is 0.469. The molecule has 2 aromatic rings. The Balaban J connectivity index is 2.08. The van der Waals surface area contributed by atoms with Crippen LogP contribution >= 0.6 is 0 Å². The van der Waals surface area contributed by atoms with Crippen LogP contribution in [0.5, 0.6) is 11.5 Å². The number of hydrogen-bond donors (Lipinski definition) is 1. The van der Waals surface area contributed by atoms with Gasteiger partial charge in [0, 0.05) is 6.54 Å². The van der Waals surface area contributed by atoms with Crippen LogP contribution in [0.2, 0.25) is 0 Å². The van der Waals surface area contributed by atoms with Crippen molar-refractivity contribution in [3.8, 4) is 11.5 Å². The zero-order valence-corrected chi connectivity index (χ0v) is 19.1. The number of ether oxygens (including phenoxy) is 1. The van der Waals surface area contributed by atoms with Gasteiger partial charge in [0.25, 0.3) is 10.1 Å². The molecule has 0 aromatic heterocycles. The van der Waals surface area contributed by atoms with Crippen LogP contribution in [-0.2, 0) is 29.4 Å². The van der Waals surface area contributed by atoms with Gasteiger partial charge in [-0.05, 0) is 60.6 Å². The lowest BCUT2D eigenvalue weighted by Crippen LogP contribution is -2.26. The highest BCUT2D eigenvalue weighted by Crippen LogP contribution is 2.49. The third-order valence-electron chi connectivity index (χ3n) is 5.40. The highest BCUT2D eigenvalue weighted by molar-refractivity contribution is 7.85. The molecule has 1 N–H and O–H groups in total. The molecule has 0 saturated carbocycles. The molecule has 0 unspecified atom stereocenters. The topological polar surface area (TPSA) is 66.8 Å². The van der Waals surface area contributed by atoms with E-state index in [0.29, 0.717) is 13.0 Å². The minimum atomic E-state index is -3.99. The van der Waals surface area contributed by atoms with Crippen molar-refractivity contribution in [2.45, 2.75) is 65.7 Å². The van der Waals surface area contributed by atoms with E-state index in [4.69, 9.17) is 4.74 Å². The van der Waals surface area contributed by atoms with Crippen LogP contribution in [-0.4, -0.2) is 25.3 Å². The van der Waals surface area contributed by atoms with Gasteiger partial charge in [0.05, 0.1) is 17.1 Å². The number of fused-ring (bicyclic) bond motifs is 2. The summed E-state index contributed by atoms with van der Waals surface area (Å²) >= 11 is 0. The molecule has 0 spiro atoms. The van der Waals surface area contributed by atoms with Crippen molar-refractivity contribution in [2.75, 3.05) is 17.2 Å². The van der Waals surface area contributed by atoms with Crippen LogP contribution in [0.4, 0.5) is 11.4 Å². The third kappa shape index (κ3) is 5.35. The van der Waals surface area contributed by atoms with Gasteiger partial charge in [-0.25, -0.2) is 0 Å². The fourth-order valence-electron chi connectivity index (χ4n) is 4.19. The second kappa shape index (κ2) is 9.84. The van der Waals surface area contributed by atoms with Crippen molar-refractivity contribution in [3.05, 3.63) is 47.0 Å². The molecule has 0 amide bonds. The molecule has 6 heteroatoms. The van der Waals surface area contributed by atoms with E-state index in [0.717, 1.165) is 61.4 Å². The number of benzene rings is 2. The van der Waals surface area contributed by atoms with Gasteiger partial charge in [-0.15, -0.1) is 0 Å². The molecule has 3 rings (SSSR count). The average molecular weight is 432 g/mol. The summed E-state index contributed by atoms with van der Waals surface area (Å²) in [4.78, 5) is 2.19. The summed E-state index contributed by atoms with van der Waals surface area (Å²) in [5.41, 5.74) is 5.75. The second-order valence-corrected chi connectivity index (χ2v) is 9.62. The molecule has 30 heavy (non-hydrogen) atoms. The van der Waals surface area contributed by atoms with E-state index in [1.54, 1.807) is 0 Å². The molecule has 0 atom stereocenters. The Bertz CT molecular complexity index is 985. The summed E-state index contributed by atoms with van der Waals surface area (Å²) in [6, 6.07) is 10.7. The Kier molecular flexibility index (Phi) is 7.42. The number of nitrogens with zero attached hydrogens (tertiary/aromatic N) is 1. The summed E-state index contributed by atoms with van der Waals surface area (Å²) in [5, 5.41) is 0. The van der Waals surface area contributed by atoms with E-state index in [9.17, 15) is 13.0 Å². The molecule has 1 aliphatic heterocycles. The van der Waals surface area contributed by atoms with Gasteiger partial charge in [0.2, 0.25) is 0 Å². The Morgan fingerprint density at radius 1 is 0.900 bits per heavy atom. The quantitative estimate of drug-likeness (QED) is 0.463. The summed E-state index contributed by atoms with van der Waals surface area (Å²) in [6.45, 7) is 7.00. The maximum absolute atomic E-state index is 11.3. The zero-order chi connectivity index (χ0) is 21.7. The molecule has 0 bridgehead atoms. The largest absolute Gasteiger partial charge is 0.453 e. The fraction of sp³-hybridized carbons (Fsp3) is 0.500. The standard InChI is InChI=1S/C24H33NO4S/c1-4-8-18-11-12-22-21(16-18)25(13-7-14-30(26,27)28)24-20(10-6-3)15-19(9-5-2)17-23(24)29-22/h11-12,15-17H,4-10,13-14H2,1-3H3,(H,26,27,28). The molecule has 1 aliphatic rings. The van der Waals surface area contributed by atoms with E-state index >= 15 is 0 Å². The first-order valence-electron chi connectivity index (χ1n) is 11.1. The van der Waals surface area contributed by atoms with Gasteiger partial charge in [-0.3, -0.25) is 4.55 Å². The van der Waals surface area contributed by atoms with Gasteiger partial charge in [-0.2, -0.15) is 8.42 Å². The molecule has 2 aromatic carbocycles. The SMILES string of the molecule is CCCc1cc(CCC)c2c(c1)Oc1ccc(CCC)cc1N2CCCS(=O)(=O)O. The van der Waals surface area contributed by atoms with Gasteiger partial charge < -0.3 is 9.64 Å². The van der Waals surface area contributed by atoms with E-state index in [-0.39, 0.29) is 5.75 Å². The van der Waals surface area contributed by atoms with Crippen LogP contribution in [0.15, 0.2) is 30.3 Å². The van der Waals surface area contributed by atoms with Crippen molar-refractivity contribution in [3.63, 3.8) is 0 Å². The van der Waals surface area contributed by atoms with Crippen molar-refractivity contribution in [1.82, 2.24) is 0 Å². The number of rotatable bonds is 10. The van der Waals surface area contributed by atoms with Gasteiger partial charge >= 0.3 is 0 Å². The molecule has 164 valence electrons. The van der Waals surface area contributed by atoms with Crippen molar-refractivity contribution >= 4 is 21.5 Å². The van der Waals surface area contributed by atoms with Crippen LogP contribution < -0.4 is 9.64 Å². The van der Waals surface area contributed by atoms with Crippen molar-refractivity contribution in [1.29, 1.82) is 0 Å². The molecule has 1 heterocycles. The lowest BCUT2D eigenvalue weighted by atomic mass is 9.98. The first-order valence-corrected chi connectivity index (χ1v) is 12.7. The molecule has 0 radical (unpaired) electrons. The lowest BCUT2D eigenvalue weighted by Gasteiger charge is -2.35. The van der Waals surface area contributed by atoms with E-state index < -0.39 is 10.1 Å². The number of anilines is 2. The monoisotopic (exact) mass is 431 g/mol. The molecule has 0 fully saturated rings. The zero-order valence-electron chi connectivity index (χ0n) is 18.3. The maximum Gasteiger partial charge on any atom is 0.264 e. The molecule has 5 nitrogen and oxygen atoms in total. The normalized spacial score (nSPS) is 13.0. The van der Waals surface area contributed by atoms with Crippen LogP contribution in [0, 0.1) is 0 Å². The predicted molar refractivity (Wildman–Crippen MR) is 123 cm³/mol. The van der Waals surface area contributed by atoms with Crippen molar-refractivity contribution < 1.29 is 17.7 Å². The molecular formula is C24H33NO4S. The Morgan fingerprint density at radius 2 is 1.60 bits per heavy atom. The highest BCUT2D eigenvalue weighted by atomic mass is 32.2. The Morgan fingerprint density at radius 3 is 2.27 bits per heavy atom. The molecule has 0 aliphatic carbocycles. The highest BCUT2D eigenvalue weighted by Gasteiger charge is 2.28. The first kappa shape index (κ1) is 22.6. The van der Waals surface area contributed by atoms with E-state index in [1.807, 2.05) is 6.07 Å². The van der Waals surface area contributed by atoms with Crippen LogP contribution in [0.3, 0.4) is 0 Å². The Hall–Kier alpha value is -2.05. The summed E-state index contributed by atoms with van der Waals surface area (Å²) in [7, 11) is -3.99. The minimum absolute atomic E-state index is 0.249. The average Bonchev–Trinajstić information content (AvgIpc) is 2.67. The van der Waals surface area contributed by atoms with Gasteiger partial charge in [0.1, 0.15) is 0 Å². The van der Waals surface area contributed by atoms with E-state index in [1.165, 1.54) is 16.7 Å². The fourth-order valence-corrected chi connectivity index (χ4v) is 4.68. The van der Waals surface area contributed by atoms with Crippen LogP contribution in [0.25, 0.3) is 0 Å². The first-order chi connectivity index (χ1) is 14.4. The van der Waals surface area contributed by atoms with Crippen LogP contribution in [0.1, 0.15) is 63.1 Å². The minimum Gasteiger partial charge on any atom is -0.453 e. The third-order valence-corrected chi connectivity index (χ3v) is 6.20. The Labute approximate surface area is 180 Å². The predicted octanol–water partition coefficient (Wildman–Crippen LogP) is 6.07. The summed E-state index contributed by atoms with van der Waals surface area (Å²) in [6.07, 6.45) is 6.40. The number of aryl methyl sites for hydroxylation is 3. The van der Waals surface area contributed by atoms with Gasteiger partial charge in [0.15, 0.2) is 11.5 Å². The second-order valence-electron chi connectivity index (χ2n) is 8.05. The maximum atomic E-state index is 11.3. The van der Waals surface area contributed by atoms with Crippen molar-refractivity contribution in [2.24, 2.45) is 0 Å². The smallest absolute Gasteiger partial charge is 0.264 e. The molecule has 0 saturated heterocycles. The number of hydrogen-bond acceptors (Lipinski definition) is 4.